The summed E-state index contributed by atoms with van der Waals surface area (Å²) in [6.07, 6.45) is 1.38. The van der Waals surface area contributed by atoms with Gasteiger partial charge in [0.05, 0.1) is 19.0 Å². The largest absolute Gasteiger partial charge is 0.495 e. The number of nitrogens with one attached hydrogen (secondary N) is 3. The minimum Gasteiger partial charge on any atom is -0.495 e. The van der Waals surface area contributed by atoms with Gasteiger partial charge in [-0.3, -0.25) is 14.4 Å². The summed E-state index contributed by atoms with van der Waals surface area (Å²) >= 11 is 0. The Balaban J connectivity index is 1.41. The number of carbonyl (C=O) groups excluding carboxylic acids is 3. The predicted octanol–water partition coefficient (Wildman–Crippen LogP) is 2.48. The lowest BCUT2D eigenvalue weighted by molar-refractivity contribution is -0.136. The third kappa shape index (κ3) is 7.49. The van der Waals surface area contributed by atoms with Gasteiger partial charge in [-0.15, -0.1) is 0 Å². The number of hydrogen-bond acceptors (Lipinski definition) is 6. The fraction of sp³-hybridized carbons (Fsp3) is 0.120. The molecule has 0 saturated carbocycles. The Morgan fingerprint density at radius 1 is 0.882 bits per heavy atom. The van der Waals surface area contributed by atoms with Crippen molar-refractivity contribution in [2.45, 2.75) is 6.54 Å². The van der Waals surface area contributed by atoms with Crippen LogP contribution in [0.3, 0.4) is 0 Å². The molecule has 0 aliphatic rings. The van der Waals surface area contributed by atoms with E-state index in [1.807, 2.05) is 30.3 Å². The highest BCUT2D eigenvalue weighted by Crippen LogP contribution is 2.22. The van der Waals surface area contributed by atoms with Crippen LogP contribution in [-0.2, 0) is 20.9 Å². The fourth-order valence-electron chi connectivity index (χ4n) is 2.79. The Hall–Kier alpha value is -4.66. The van der Waals surface area contributed by atoms with Crippen molar-refractivity contribution in [3.05, 3.63) is 90.0 Å². The highest BCUT2D eigenvalue weighted by atomic mass is 16.5. The molecule has 0 aromatic heterocycles. The molecule has 9 nitrogen and oxygen atoms in total. The van der Waals surface area contributed by atoms with E-state index in [1.165, 1.54) is 13.3 Å². The van der Waals surface area contributed by atoms with Crippen LogP contribution in [0.5, 0.6) is 11.5 Å². The zero-order chi connectivity index (χ0) is 24.2. The average Bonchev–Trinajstić information content (AvgIpc) is 2.87. The van der Waals surface area contributed by atoms with Crippen LogP contribution in [0, 0.1) is 0 Å². The number of nitrogens with zero attached hydrogens (tertiary/aromatic N) is 1. The van der Waals surface area contributed by atoms with Gasteiger partial charge in [0, 0.05) is 6.54 Å². The van der Waals surface area contributed by atoms with E-state index in [0.29, 0.717) is 29.3 Å². The van der Waals surface area contributed by atoms with Gasteiger partial charge in [0.1, 0.15) is 11.5 Å². The van der Waals surface area contributed by atoms with Crippen molar-refractivity contribution in [1.29, 1.82) is 0 Å². The summed E-state index contributed by atoms with van der Waals surface area (Å²) in [5.41, 5.74) is 4.20. The monoisotopic (exact) mass is 460 g/mol. The van der Waals surface area contributed by atoms with E-state index in [-0.39, 0.29) is 12.5 Å². The molecule has 34 heavy (non-hydrogen) atoms. The molecule has 0 atom stereocenters. The molecule has 0 unspecified atom stereocenters. The van der Waals surface area contributed by atoms with Gasteiger partial charge in [-0.25, -0.2) is 5.43 Å². The number of benzene rings is 3. The Bertz CT molecular complexity index is 1150. The Labute approximate surface area is 196 Å². The van der Waals surface area contributed by atoms with Crippen LogP contribution in [0.25, 0.3) is 0 Å². The normalized spacial score (nSPS) is 10.4. The molecule has 3 aromatic carbocycles. The van der Waals surface area contributed by atoms with E-state index >= 15 is 0 Å². The molecule has 0 aliphatic carbocycles. The van der Waals surface area contributed by atoms with Crippen molar-refractivity contribution < 1.29 is 23.9 Å². The van der Waals surface area contributed by atoms with Crippen LogP contribution in [-0.4, -0.2) is 37.7 Å². The van der Waals surface area contributed by atoms with Gasteiger partial charge < -0.3 is 20.1 Å². The molecule has 0 aliphatic heterocycles. The first kappa shape index (κ1) is 24.0. The summed E-state index contributed by atoms with van der Waals surface area (Å²) < 4.78 is 10.6. The number of anilines is 1. The molecule has 0 spiro atoms. The number of methoxy groups -OCH3 is 1. The number of hydrazone groups is 1. The van der Waals surface area contributed by atoms with Gasteiger partial charge in [-0.2, -0.15) is 5.10 Å². The van der Waals surface area contributed by atoms with Crippen molar-refractivity contribution in [1.82, 2.24) is 10.7 Å². The third-order valence-electron chi connectivity index (χ3n) is 4.52. The van der Waals surface area contributed by atoms with Gasteiger partial charge in [-0.05, 0) is 47.5 Å². The van der Waals surface area contributed by atoms with Crippen LogP contribution in [0.15, 0.2) is 84.0 Å². The SMILES string of the molecule is COc1ccccc1NC(=O)C(=O)N/N=C\c1ccc(OCC(=O)NCc2ccccc2)cc1. The molecular formula is C25H24N4O5. The zero-order valence-corrected chi connectivity index (χ0v) is 18.5. The molecule has 0 fully saturated rings. The van der Waals surface area contributed by atoms with Crippen molar-refractivity contribution in [3.63, 3.8) is 0 Å². The molecule has 0 heterocycles. The summed E-state index contributed by atoms with van der Waals surface area (Å²) in [5.74, 6) is -1.10. The standard InChI is InChI=1S/C25H24N4O5/c1-33-22-10-6-5-9-21(22)28-24(31)25(32)29-27-16-19-11-13-20(14-12-19)34-17-23(30)26-15-18-7-3-2-4-8-18/h2-14,16H,15,17H2,1H3,(H,26,30)(H,28,31)(H,29,32)/b27-16-. The second-order valence-corrected chi connectivity index (χ2v) is 6.97. The lowest BCUT2D eigenvalue weighted by atomic mass is 10.2. The van der Waals surface area contributed by atoms with E-state index in [0.717, 1.165) is 5.56 Å². The minimum absolute atomic E-state index is 0.113. The van der Waals surface area contributed by atoms with Crippen LogP contribution in [0.4, 0.5) is 5.69 Å². The predicted molar refractivity (Wildman–Crippen MR) is 128 cm³/mol. The molecule has 3 N–H and O–H groups in total. The van der Waals surface area contributed by atoms with Crippen molar-refractivity contribution >= 4 is 29.6 Å². The minimum atomic E-state index is -0.927. The number of ether oxygens (including phenoxy) is 2. The Morgan fingerprint density at radius 3 is 2.32 bits per heavy atom. The Kier molecular flexibility index (Phi) is 8.75. The number of amides is 3. The first-order valence-corrected chi connectivity index (χ1v) is 10.4. The number of rotatable bonds is 9. The van der Waals surface area contributed by atoms with Crippen LogP contribution < -0.4 is 25.5 Å². The number of para-hydroxylation sites is 2. The first-order valence-electron chi connectivity index (χ1n) is 10.4. The summed E-state index contributed by atoms with van der Waals surface area (Å²) in [6.45, 7) is 0.318. The maximum absolute atomic E-state index is 12.0. The van der Waals surface area contributed by atoms with E-state index in [1.54, 1.807) is 48.5 Å². The second kappa shape index (κ2) is 12.4. The number of hydrogen-bond donors (Lipinski definition) is 3. The zero-order valence-electron chi connectivity index (χ0n) is 18.5. The fourth-order valence-corrected chi connectivity index (χ4v) is 2.79. The molecule has 3 aromatic rings. The van der Waals surface area contributed by atoms with Gasteiger partial charge in [0.2, 0.25) is 0 Å². The van der Waals surface area contributed by atoms with Gasteiger partial charge in [-0.1, -0.05) is 42.5 Å². The topological polar surface area (TPSA) is 118 Å². The number of carbonyl (C=O) groups is 3. The quantitative estimate of drug-likeness (QED) is 0.258. The average molecular weight is 460 g/mol. The molecule has 0 bridgehead atoms. The molecule has 9 heteroatoms. The van der Waals surface area contributed by atoms with Gasteiger partial charge >= 0.3 is 11.8 Å². The summed E-state index contributed by atoms with van der Waals surface area (Å²) in [7, 11) is 1.46. The molecule has 3 amide bonds. The summed E-state index contributed by atoms with van der Waals surface area (Å²) in [6, 6.07) is 23.0. The third-order valence-corrected chi connectivity index (χ3v) is 4.52. The molecule has 174 valence electrons. The highest BCUT2D eigenvalue weighted by molar-refractivity contribution is 6.39. The molecule has 3 rings (SSSR count). The van der Waals surface area contributed by atoms with Gasteiger partial charge in [0.25, 0.3) is 5.91 Å². The maximum Gasteiger partial charge on any atom is 0.329 e. The lowest BCUT2D eigenvalue weighted by Gasteiger charge is -2.08. The van der Waals surface area contributed by atoms with E-state index < -0.39 is 11.8 Å². The molecule has 0 saturated heterocycles. The van der Waals surface area contributed by atoms with Crippen LogP contribution >= 0.6 is 0 Å². The highest BCUT2D eigenvalue weighted by Gasteiger charge is 2.14. The first-order chi connectivity index (χ1) is 16.5. The summed E-state index contributed by atoms with van der Waals surface area (Å²) in [4.78, 5) is 35.9. The van der Waals surface area contributed by atoms with E-state index in [9.17, 15) is 14.4 Å². The van der Waals surface area contributed by atoms with Gasteiger partial charge in [0.15, 0.2) is 6.61 Å². The summed E-state index contributed by atoms with van der Waals surface area (Å²) in [5, 5.41) is 9.03. The van der Waals surface area contributed by atoms with Crippen molar-refractivity contribution in [2.24, 2.45) is 5.10 Å². The molecule has 0 radical (unpaired) electrons. The maximum atomic E-state index is 12.0. The van der Waals surface area contributed by atoms with E-state index in [4.69, 9.17) is 9.47 Å². The van der Waals surface area contributed by atoms with Crippen LogP contribution in [0.2, 0.25) is 0 Å². The van der Waals surface area contributed by atoms with Crippen molar-refractivity contribution in [2.75, 3.05) is 19.0 Å². The molecular weight excluding hydrogens is 436 g/mol. The Morgan fingerprint density at radius 2 is 1.59 bits per heavy atom. The van der Waals surface area contributed by atoms with E-state index in [2.05, 4.69) is 21.2 Å². The second-order valence-electron chi connectivity index (χ2n) is 6.97. The van der Waals surface area contributed by atoms with Crippen molar-refractivity contribution in [3.8, 4) is 11.5 Å². The van der Waals surface area contributed by atoms with Crippen LogP contribution in [0.1, 0.15) is 11.1 Å². The lowest BCUT2D eigenvalue weighted by Crippen LogP contribution is -2.32. The smallest absolute Gasteiger partial charge is 0.329 e.